The van der Waals surface area contributed by atoms with E-state index < -0.39 is 0 Å². The Morgan fingerprint density at radius 3 is 2.45 bits per heavy atom. The van der Waals surface area contributed by atoms with Crippen molar-refractivity contribution in [2.75, 3.05) is 11.1 Å². The van der Waals surface area contributed by atoms with Crippen LogP contribution in [-0.4, -0.2) is 27.4 Å². The molecule has 1 amide bonds. The summed E-state index contributed by atoms with van der Waals surface area (Å²) in [5.74, 6) is -0.279. The third-order valence-corrected chi connectivity index (χ3v) is 3.25. The third kappa shape index (κ3) is 4.81. The van der Waals surface area contributed by atoms with Crippen molar-refractivity contribution in [2.24, 2.45) is 0 Å². The fourth-order valence-electron chi connectivity index (χ4n) is 1.46. The Labute approximate surface area is 120 Å². The summed E-state index contributed by atoms with van der Waals surface area (Å²) in [6.45, 7) is 0. The van der Waals surface area contributed by atoms with Crippen LogP contribution in [0.5, 0.6) is 0 Å². The Bertz CT molecular complexity index is 575. The van der Waals surface area contributed by atoms with Crippen LogP contribution in [0.1, 0.15) is 6.42 Å². The molecule has 102 valence electrons. The van der Waals surface area contributed by atoms with Gasteiger partial charge in [0.2, 0.25) is 5.91 Å². The van der Waals surface area contributed by atoms with Crippen molar-refractivity contribution in [3.8, 4) is 0 Å². The molecule has 5 nitrogen and oxygen atoms in total. The number of thioether (sulfide) groups is 1. The second-order valence-electron chi connectivity index (χ2n) is 3.95. The van der Waals surface area contributed by atoms with Crippen LogP contribution in [0.15, 0.2) is 53.9 Å². The predicted molar refractivity (Wildman–Crippen MR) is 77.5 cm³/mol. The van der Waals surface area contributed by atoms with Gasteiger partial charge in [0.15, 0.2) is 10.9 Å². The first-order chi connectivity index (χ1) is 9.74. The molecule has 0 fully saturated rings. The van der Waals surface area contributed by atoms with E-state index in [4.69, 9.17) is 0 Å². The van der Waals surface area contributed by atoms with Gasteiger partial charge in [-0.2, -0.15) is 0 Å². The number of ketones is 1. The van der Waals surface area contributed by atoms with Gasteiger partial charge in [0.1, 0.15) is 0 Å². The van der Waals surface area contributed by atoms with E-state index in [2.05, 4.69) is 15.3 Å². The van der Waals surface area contributed by atoms with E-state index in [0.29, 0.717) is 10.8 Å². The van der Waals surface area contributed by atoms with Crippen LogP contribution in [0.25, 0.3) is 0 Å². The summed E-state index contributed by atoms with van der Waals surface area (Å²) >= 11 is 1.23. The number of rotatable bonds is 6. The zero-order chi connectivity index (χ0) is 14.2. The molecule has 0 unspecified atom stereocenters. The van der Waals surface area contributed by atoms with E-state index in [1.54, 1.807) is 30.6 Å². The molecule has 0 aliphatic carbocycles. The van der Waals surface area contributed by atoms with Crippen LogP contribution in [0.2, 0.25) is 0 Å². The summed E-state index contributed by atoms with van der Waals surface area (Å²) in [6.07, 6.45) is 3.08. The first-order valence-electron chi connectivity index (χ1n) is 6.00. The summed E-state index contributed by atoms with van der Waals surface area (Å²) in [5, 5.41) is 3.20. The highest BCUT2D eigenvalue weighted by Gasteiger charge is 2.10. The average Bonchev–Trinajstić information content (AvgIpc) is 2.47. The zero-order valence-corrected chi connectivity index (χ0v) is 11.5. The van der Waals surface area contributed by atoms with Crippen LogP contribution >= 0.6 is 11.8 Å². The smallest absolute Gasteiger partial charge is 0.231 e. The summed E-state index contributed by atoms with van der Waals surface area (Å²) in [7, 11) is 0. The maximum atomic E-state index is 11.7. The van der Waals surface area contributed by atoms with Crippen LogP contribution < -0.4 is 5.32 Å². The van der Waals surface area contributed by atoms with Gasteiger partial charge in [-0.05, 0) is 18.2 Å². The van der Waals surface area contributed by atoms with Gasteiger partial charge in [-0.15, -0.1) is 0 Å². The van der Waals surface area contributed by atoms with Crippen molar-refractivity contribution < 1.29 is 9.59 Å². The lowest BCUT2D eigenvalue weighted by Gasteiger charge is -2.04. The molecule has 0 radical (unpaired) electrons. The molecule has 1 heterocycles. The minimum Gasteiger partial charge on any atom is -0.326 e. The number of Topliss-reactive ketones (excluding diaryl/α,β-unsaturated/α-hetero) is 1. The topological polar surface area (TPSA) is 72.0 Å². The number of carbonyl (C=O) groups excluding carboxylic acids is 2. The number of hydrogen-bond donors (Lipinski definition) is 1. The first-order valence-corrected chi connectivity index (χ1v) is 6.99. The van der Waals surface area contributed by atoms with E-state index >= 15 is 0 Å². The van der Waals surface area contributed by atoms with E-state index in [0.717, 1.165) is 0 Å². The Balaban J connectivity index is 1.75. The van der Waals surface area contributed by atoms with Gasteiger partial charge >= 0.3 is 0 Å². The Hall–Kier alpha value is -2.21. The Morgan fingerprint density at radius 2 is 1.75 bits per heavy atom. The molecule has 1 aromatic carbocycles. The molecule has 0 saturated carbocycles. The molecule has 1 aromatic heterocycles. The van der Waals surface area contributed by atoms with E-state index in [9.17, 15) is 9.59 Å². The highest BCUT2D eigenvalue weighted by Crippen LogP contribution is 2.12. The van der Waals surface area contributed by atoms with Crippen LogP contribution in [0.4, 0.5) is 5.69 Å². The first kappa shape index (κ1) is 14.2. The molecule has 2 rings (SSSR count). The fourth-order valence-corrected chi connectivity index (χ4v) is 2.12. The quantitative estimate of drug-likeness (QED) is 0.501. The summed E-state index contributed by atoms with van der Waals surface area (Å²) in [5.41, 5.74) is 0.685. The average molecular weight is 287 g/mol. The highest BCUT2D eigenvalue weighted by atomic mass is 32.2. The SMILES string of the molecule is O=C(CSc1ncccn1)CC(=O)Nc1ccccc1. The number of amides is 1. The van der Waals surface area contributed by atoms with Gasteiger partial charge in [0, 0.05) is 18.1 Å². The molecule has 0 aliphatic rings. The van der Waals surface area contributed by atoms with Crippen molar-refractivity contribution in [3.05, 3.63) is 48.8 Å². The van der Waals surface area contributed by atoms with Crippen LogP contribution in [-0.2, 0) is 9.59 Å². The monoisotopic (exact) mass is 287 g/mol. The van der Waals surface area contributed by atoms with Gasteiger partial charge in [-0.1, -0.05) is 30.0 Å². The molecule has 0 atom stereocenters. The van der Waals surface area contributed by atoms with Gasteiger partial charge in [0.05, 0.1) is 12.2 Å². The standard InChI is InChI=1S/C14H13N3O2S/c18-12(10-20-14-15-7-4-8-16-14)9-13(19)17-11-5-2-1-3-6-11/h1-8H,9-10H2,(H,17,19). The number of hydrogen-bond acceptors (Lipinski definition) is 5. The molecule has 20 heavy (non-hydrogen) atoms. The van der Waals surface area contributed by atoms with Crippen molar-refractivity contribution in [1.29, 1.82) is 0 Å². The molecule has 0 spiro atoms. The lowest BCUT2D eigenvalue weighted by Crippen LogP contribution is -2.17. The van der Waals surface area contributed by atoms with E-state index in [1.165, 1.54) is 11.8 Å². The summed E-state index contributed by atoms with van der Waals surface area (Å²) < 4.78 is 0. The van der Waals surface area contributed by atoms with Gasteiger partial charge in [-0.25, -0.2) is 9.97 Å². The van der Waals surface area contributed by atoms with E-state index in [1.807, 2.05) is 18.2 Å². The number of aromatic nitrogens is 2. The van der Waals surface area contributed by atoms with Crippen LogP contribution in [0, 0.1) is 0 Å². The second-order valence-corrected chi connectivity index (χ2v) is 4.89. The summed E-state index contributed by atoms with van der Waals surface area (Å²) in [6, 6.07) is 10.8. The Morgan fingerprint density at radius 1 is 1.05 bits per heavy atom. The third-order valence-electron chi connectivity index (χ3n) is 2.32. The highest BCUT2D eigenvalue weighted by molar-refractivity contribution is 7.99. The van der Waals surface area contributed by atoms with Crippen molar-refractivity contribution >= 4 is 29.1 Å². The molecule has 2 aromatic rings. The molecular weight excluding hydrogens is 274 g/mol. The Kier molecular flexibility index (Phi) is 5.25. The largest absolute Gasteiger partial charge is 0.326 e. The van der Waals surface area contributed by atoms with Gasteiger partial charge in [0.25, 0.3) is 0 Å². The molecule has 0 saturated heterocycles. The molecule has 0 bridgehead atoms. The zero-order valence-electron chi connectivity index (χ0n) is 10.7. The minimum absolute atomic E-state index is 0.144. The van der Waals surface area contributed by atoms with Crippen molar-refractivity contribution in [3.63, 3.8) is 0 Å². The number of anilines is 1. The van der Waals surface area contributed by atoms with Gasteiger partial charge in [-0.3, -0.25) is 9.59 Å². The normalized spacial score (nSPS) is 10.0. The number of nitrogens with zero attached hydrogens (tertiary/aromatic N) is 2. The predicted octanol–water partition coefficient (Wildman–Crippen LogP) is 2.17. The number of nitrogens with one attached hydrogen (secondary N) is 1. The van der Waals surface area contributed by atoms with Crippen LogP contribution in [0.3, 0.4) is 0 Å². The molecular formula is C14H13N3O2S. The van der Waals surface area contributed by atoms with Gasteiger partial charge < -0.3 is 5.32 Å². The molecule has 6 heteroatoms. The number of carbonyl (C=O) groups is 2. The molecule has 1 N–H and O–H groups in total. The van der Waals surface area contributed by atoms with Crippen molar-refractivity contribution in [1.82, 2.24) is 9.97 Å². The second kappa shape index (κ2) is 7.40. The number of benzene rings is 1. The maximum Gasteiger partial charge on any atom is 0.231 e. The van der Waals surface area contributed by atoms with Crippen molar-refractivity contribution in [2.45, 2.75) is 11.6 Å². The number of para-hydroxylation sites is 1. The molecule has 0 aliphatic heterocycles. The van der Waals surface area contributed by atoms with E-state index in [-0.39, 0.29) is 23.9 Å². The minimum atomic E-state index is -0.309. The fraction of sp³-hybridized carbons (Fsp3) is 0.143. The maximum absolute atomic E-state index is 11.7. The lowest BCUT2D eigenvalue weighted by atomic mass is 10.2. The lowest BCUT2D eigenvalue weighted by molar-refractivity contribution is -0.123. The summed E-state index contributed by atoms with van der Waals surface area (Å²) in [4.78, 5) is 31.3.